The summed E-state index contributed by atoms with van der Waals surface area (Å²) in [6.45, 7) is 5.59. The molecule has 3 aromatic rings. The molecule has 4 heteroatoms. The maximum absolute atomic E-state index is 8.89. The maximum atomic E-state index is 8.89. The summed E-state index contributed by atoms with van der Waals surface area (Å²) in [5.74, 6) is 1.84. The van der Waals surface area contributed by atoms with Gasteiger partial charge in [0.25, 0.3) is 0 Å². The Kier molecular flexibility index (Phi) is 5.22. The van der Waals surface area contributed by atoms with E-state index in [9.17, 15) is 0 Å². The second kappa shape index (κ2) is 7.94. The largest absolute Gasteiger partial charge is 0.323 e. The van der Waals surface area contributed by atoms with Crippen molar-refractivity contribution in [3.05, 3.63) is 65.5 Å². The Morgan fingerprint density at radius 3 is 2.56 bits per heavy atom. The van der Waals surface area contributed by atoms with Crippen molar-refractivity contribution in [2.75, 3.05) is 19.6 Å². The third kappa shape index (κ3) is 4.04. The number of imidazole rings is 1. The van der Waals surface area contributed by atoms with Crippen molar-refractivity contribution < 1.29 is 0 Å². The summed E-state index contributed by atoms with van der Waals surface area (Å²) in [6, 6.07) is 19.5. The zero-order chi connectivity index (χ0) is 18.6. The molecule has 0 aliphatic carbocycles. The molecule has 1 aromatic heterocycles. The molecule has 27 heavy (non-hydrogen) atoms. The van der Waals surface area contributed by atoms with Gasteiger partial charge >= 0.3 is 0 Å². The van der Waals surface area contributed by atoms with Gasteiger partial charge in [0, 0.05) is 13.0 Å². The number of aryl methyl sites for hydroxylation is 1. The summed E-state index contributed by atoms with van der Waals surface area (Å²) in [7, 11) is 0. The number of piperidine rings is 1. The van der Waals surface area contributed by atoms with Crippen molar-refractivity contribution in [1.29, 1.82) is 5.26 Å². The molecule has 2 heterocycles. The molecular weight excluding hydrogens is 332 g/mol. The third-order valence-corrected chi connectivity index (χ3v) is 5.67. The van der Waals surface area contributed by atoms with Crippen LogP contribution in [0.1, 0.15) is 29.8 Å². The number of benzene rings is 2. The predicted molar refractivity (Wildman–Crippen MR) is 108 cm³/mol. The molecule has 0 radical (unpaired) electrons. The van der Waals surface area contributed by atoms with Gasteiger partial charge in [0.2, 0.25) is 0 Å². The SMILES string of the molecule is Cc1ccc(Cn2c(CC3CCN(CC#N)CC3)nc3ccccc32)cc1. The van der Waals surface area contributed by atoms with Gasteiger partial charge in [0.15, 0.2) is 0 Å². The molecule has 138 valence electrons. The number of hydrogen-bond donors (Lipinski definition) is 0. The van der Waals surface area contributed by atoms with Crippen LogP contribution < -0.4 is 0 Å². The molecule has 4 rings (SSSR count). The predicted octanol–water partition coefficient (Wildman–Crippen LogP) is 4.17. The first-order chi connectivity index (χ1) is 13.2. The molecule has 0 spiro atoms. The lowest BCUT2D eigenvalue weighted by Gasteiger charge is -2.30. The maximum Gasteiger partial charge on any atom is 0.110 e. The molecule has 1 aliphatic rings. The highest BCUT2D eigenvalue weighted by Crippen LogP contribution is 2.25. The lowest BCUT2D eigenvalue weighted by atomic mass is 9.93. The van der Waals surface area contributed by atoms with Crippen molar-refractivity contribution in [1.82, 2.24) is 14.5 Å². The Balaban J connectivity index is 1.57. The van der Waals surface area contributed by atoms with E-state index in [1.807, 2.05) is 0 Å². The molecule has 0 amide bonds. The Bertz CT molecular complexity index is 941. The highest BCUT2D eigenvalue weighted by atomic mass is 15.1. The minimum absolute atomic E-state index is 0.554. The van der Waals surface area contributed by atoms with Gasteiger partial charge in [0.05, 0.1) is 23.6 Å². The van der Waals surface area contributed by atoms with Crippen LogP contribution in [0, 0.1) is 24.2 Å². The molecule has 0 unspecified atom stereocenters. The topological polar surface area (TPSA) is 44.9 Å². The van der Waals surface area contributed by atoms with Crippen LogP contribution in [0.5, 0.6) is 0 Å². The summed E-state index contributed by atoms with van der Waals surface area (Å²) in [6.07, 6.45) is 3.31. The van der Waals surface area contributed by atoms with Crippen molar-refractivity contribution in [3.8, 4) is 6.07 Å². The van der Waals surface area contributed by atoms with E-state index in [-0.39, 0.29) is 0 Å². The highest BCUT2D eigenvalue weighted by molar-refractivity contribution is 5.76. The summed E-state index contributed by atoms with van der Waals surface area (Å²) >= 11 is 0. The Labute approximate surface area is 161 Å². The second-order valence-corrected chi connectivity index (χ2v) is 7.67. The fourth-order valence-corrected chi connectivity index (χ4v) is 4.04. The molecule has 1 saturated heterocycles. The minimum atomic E-state index is 0.554. The lowest BCUT2D eigenvalue weighted by molar-refractivity contribution is 0.200. The van der Waals surface area contributed by atoms with E-state index in [0.717, 1.165) is 44.4 Å². The van der Waals surface area contributed by atoms with Gasteiger partial charge in [-0.3, -0.25) is 4.90 Å². The van der Waals surface area contributed by atoms with Gasteiger partial charge in [-0.05, 0) is 56.5 Å². The number of aromatic nitrogens is 2. The second-order valence-electron chi connectivity index (χ2n) is 7.67. The number of likely N-dealkylation sites (tertiary alicyclic amines) is 1. The van der Waals surface area contributed by atoms with E-state index >= 15 is 0 Å². The van der Waals surface area contributed by atoms with Crippen LogP contribution >= 0.6 is 0 Å². The fourth-order valence-electron chi connectivity index (χ4n) is 4.04. The number of fused-ring (bicyclic) bond motifs is 1. The molecule has 0 N–H and O–H groups in total. The minimum Gasteiger partial charge on any atom is -0.323 e. The van der Waals surface area contributed by atoms with Crippen molar-refractivity contribution in [3.63, 3.8) is 0 Å². The van der Waals surface area contributed by atoms with Gasteiger partial charge in [-0.1, -0.05) is 42.0 Å². The van der Waals surface area contributed by atoms with Crippen LogP contribution in [0.4, 0.5) is 0 Å². The van der Waals surface area contributed by atoms with Gasteiger partial charge in [-0.15, -0.1) is 0 Å². The Morgan fingerprint density at radius 1 is 1.07 bits per heavy atom. The lowest BCUT2D eigenvalue weighted by Crippen LogP contribution is -2.34. The fraction of sp³-hybridized carbons (Fsp3) is 0.391. The van der Waals surface area contributed by atoms with E-state index in [1.54, 1.807) is 0 Å². The van der Waals surface area contributed by atoms with Gasteiger partial charge in [-0.25, -0.2) is 4.98 Å². The summed E-state index contributed by atoms with van der Waals surface area (Å²) in [5.41, 5.74) is 4.91. The molecule has 1 aliphatic heterocycles. The number of para-hydroxylation sites is 2. The molecule has 4 nitrogen and oxygen atoms in total. The zero-order valence-corrected chi connectivity index (χ0v) is 15.9. The van der Waals surface area contributed by atoms with E-state index in [0.29, 0.717) is 12.5 Å². The van der Waals surface area contributed by atoms with Crippen molar-refractivity contribution in [2.24, 2.45) is 5.92 Å². The summed E-state index contributed by atoms with van der Waals surface area (Å²) in [4.78, 5) is 7.23. The van der Waals surface area contributed by atoms with E-state index in [2.05, 4.69) is 71.0 Å². The summed E-state index contributed by atoms with van der Waals surface area (Å²) in [5, 5.41) is 8.89. The van der Waals surface area contributed by atoms with Crippen molar-refractivity contribution >= 4 is 11.0 Å². The van der Waals surface area contributed by atoms with Crippen molar-refractivity contribution in [2.45, 2.75) is 32.7 Å². The Hall–Kier alpha value is -2.64. The standard InChI is InChI=1S/C23H26N4/c1-18-6-8-20(9-7-18)17-27-22-5-3-2-4-21(22)25-23(27)16-19-10-13-26(14-11-19)15-12-24/h2-9,19H,10-11,13-17H2,1H3. The first-order valence-electron chi connectivity index (χ1n) is 9.82. The summed E-state index contributed by atoms with van der Waals surface area (Å²) < 4.78 is 2.39. The third-order valence-electron chi connectivity index (χ3n) is 5.67. The number of nitrogens with zero attached hydrogens (tertiary/aromatic N) is 4. The van der Waals surface area contributed by atoms with Crippen LogP contribution in [-0.2, 0) is 13.0 Å². The van der Waals surface area contributed by atoms with E-state index in [4.69, 9.17) is 10.2 Å². The van der Waals surface area contributed by atoms with Crippen LogP contribution in [0.25, 0.3) is 11.0 Å². The average molecular weight is 358 g/mol. The zero-order valence-electron chi connectivity index (χ0n) is 15.9. The molecule has 0 bridgehead atoms. The number of nitriles is 1. The molecule has 1 fully saturated rings. The first kappa shape index (κ1) is 17.8. The highest BCUT2D eigenvalue weighted by Gasteiger charge is 2.22. The molecule has 0 saturated carbocycles. The van der Waals surface area contributed by atoms with Crippen LogP contribution in [0.15, 0.2) is 48.5 Å². The van der Waals surface area contributed by atoms with Gasteiger partial charge in [-0.2, -0.15) is 5.26 Å². The first-order valence-corrected chi connectivity index (χ1v) is 9.82. The van der Waals surface area contributed by atoms with Gasteiger partial charge in [0.1, 0.15) is 5.82 Å². The van der Waals surface area contributed by atoms with Gasteiger partial charge < -0.3 is 4.57 Å². The normalized spacial score (nSPS) is 15.9. The Morgan fingerprint density at radius 2 is 1.81 bits per heavy atom. The average Bonchev–Trinajstić information content (AvgIpc) is 3.02. The molecular formula is C23H26N4. The quantitative estimate of drug-likeness (QED) is 0.643. The number of hydrogen-bond acceptors (Lipinski definition) is 3. The van der Waals surface area contributed by atoms with Crippen LogP contribution in [-0.4, -0.2) is 34.1 Å². The smallest absolute Gasteiger partial charge is 0.110 e. The number of rotatable bonds is 5. The molecule has 2 aromatic carbocycles. The van der Waals surface area contributed by atoms with Crippen LogP contribution in [0.3, 0.4) is 0 Å². The monoisotopic (exact) mass is 358 g/mol. The molecule has 0 atom stereocenters. The van der Waals surface area contributed by atoms with E-state index in [1.165, 1.54) is 22.5 Å². The van der Waals surface area contributed by atoms with Crippen LogP contribution in [0.2, 0.25) is 0 Å². The van der Waals surface area contributed by atoms with E-state index < -0.39 is 0 Å².